The molecule has 2 rings (SSSR count). The van der Waals surface area contributed by atoms with Gasteiger partial charge in [0.05, 0.1) is 22.2 Å². The summed E-state index contributed by atoms with van der Waals surface area (Å²) in [5.41, 5.74) is 0.463. The first-order chi connectivity index (χ1) is 6.20. The van der Waals surface area contributed by atoms with Crippen LogP contribution in [0.4, 0.5) is 0 Å². The zero-order chi connectivity index (χ0) is 9.42. The maximum absolute atomic E-state index is 10.6. The van der Waals surface area contributed by atoms with Crippen LogP contribution in [0.5, 0.6) is 0 Å². The molecule has 0 fully saturated rings. The van der Waals surface area contributed by atoms with Gasteiger partial charge >= 0.3 is 5.97 Å². The monoisotopic (exact) mass is 197 g/mol. The third kappa shape index (κ3) is 1.13. The number of pyridine rings is 1. The molecule has 5 nitrogen and oxygen atoms in total. The van der Waals surface area contributed by atoms with E-state index in [0.29, 0.717) is 11.0 Å². The minimum absolute atomic E-state index is 0.0180. The van der Waals surface area contributed by atoms with Crippen molar-refractivity contribution >= 4 is 28.6 Å². The topological polar surface area (TPSA) is 78.9 Å². The first-order valence-electron chi connectivity index (χ1n) is 3.41. The maximum Gasteiger partial charge on any atom is 0.338 e. The molecule has 2 N–H and O–H groups in total. The minimum atomic E-state index is -1.10. The summed E-state index contributed by atoms with van der Waals surface area (Å²) >= 11 is 5.80. The molecular weight excluding hydrogens is 194 g/mol. The van der Waals surface area contributed by atoms with Crippen molar-refractivity contribution in [1.29, 1.82) is 0 Å². The van der Waals surface area contributed by atoms with Crippen molar-refractivity contribution in [2.75, 3.05) is 0 Å². The van der Waals surface area contributed by atoms with Crippen LogP contribution in [0.3, 0.4) is 0 Å². The molecule has 0 amide bonds. The van der Waals surface area contributed by atoms with E-state index in [9.17, 15) is 4.79 Å². The number of nitrogens with zero attached hydrogens (tertiary/aromatic N) is 2. The fourth-order valence-electron chi connectivity index (χ4n) is 1.02. The van der Waals surface area contributed by atoms with Crippen LogP contribution in [0.25, 0.3) is 11.0 Å². The van der Waals surface area contributed by atoms with Crippen LogP contribution in [0, 0.1) is 0 Å². The number of nitrogens with one attached hydrogen (secondary N) is 1. The van der Waals surface area contributed by atoms with Gasteiger partial charge in [-0.15, -0.1) is 0 Å². The lowest BCUT2D eigenvalue weighted by atomic mass is 10.2. The highest BCUT2D eigenvalue weighted by atomic mass is 35.5. The molecule has 13 heavy (non-hydrogen) atoms. The van der Waals surface area contributed by atoms with Gasteiger partial charge in [-0.05, 0) is 0 Å². The summed E-state index contributed by atoms with van der Waals surface area (Å²) in [5, 5.41) is 15.7. The van der Waals surface area contributed by atoms with Crippen LogP contribution in [-0.2, 0) is 0 Å². The lowest BCUT2D eigenvalue weighted by Crippen LogP contribution is -1.98. The third-order valence-electron chi connectivity index (χ3n) is 1.65. The Bertz CT molecular complexity index is 480. The van der Waals surface area contributed by atoms with E-state index < -0.39 is 5.97 Å². The number of carbonyl (C=O) groups is 1. The van der Waals surface area contributed by atoms with E-state index in [2.05, 4.69) is 15.2 Å². The smallest absolute Gasteiger partial charge is 0.338 e. The van der Waals surface area contributed by atoms with Crippen molar-refractivity contribution in [3.8, 4) is 0 Å². The molecule has 6 heteroatoms. The predicted molar refractivity (Wildman–Crippen MR) is 45.9 cm³/mol. The second kappa shape index (κ2) is 2.70. The molecule has 0 bridgehead atoms. The van der Waals surface area contributed by atoms with Crippen LogP contribution in [0.2, 0.25) is 5.02 Å². The minimum Gasteiger partial charge on any atom is -0.478 e. The Morgan fingerprint density at radius 3 is 3.00 bits per heavy atom. The van der Waals surface area contributed by atoms with E-state index in [-0.39, 0.29) is 10.6 Å². The first-order valence-corrected chi connectivity index (χ1v) is 3.79. The SMILES string of the molecule is O=C(O)c1cnc2[nH]ncc2c1Cl. The molecule has 0 aliphatic rings. The van der Waals surface area contributed by atoms with E-state index in [1.165, 1.54) is 12.4 Å². The van der Waals surface area contributed by atoms with Gasteiger partial charge in [0.25, 0.3) is 0 Å². The molecule has 0 aromatic carbocycles. The number of halogens is 1. The average molecular weight is 198 g/mol. The number of carboxylic acid groups (broad SMARTS) is 1. The third-order valence-corrected chi connectivity index (χ3v) is 2.05. The molecular formula is C7H4ClN3O2. The Morgan fingerprint density at radius 2 is 2.31 bits per heavy atom. The Labute approximate surface area is 77.4 Å². The van der Waals surface area contributed by atoms with Crippen LogP contribution in [0.1, 0.15) is 10.4 Å². The quantitative estimate of drug-likeness (QED) is 0.723. The van der Waals surface area contributed by atoms with Gasteiger partial charge < -0.3 is 5.11 Å². The lowest BCUT2D eigenvalue weighted by molar-refractivity contribution is 0.0697. The molecule has 2 heterocycles. The van der Waals surface area contributed by atoms with Crippen molar-refractivity contribution in [3.05, 3.63) is 23.0 Å². The van der Waals surface area contributed by atoms with Gasteiger partial charge in [-0.3, -0.25) is 5.10 Å². The van der Waals surface area contributed by atoms with Gasteiger partial charge in [-0.2, -0.15) is 5.10 Å². The number of hydrogen-bond acceptors (Lipinski definition) is 3. The molecule has 0 radical (unpaired) electrons. The number of hydrogen-bond donors (Lipinski definition) is 2. The van der Waals surface area contributed by atoms with E-state index >= 15 is 0 Å². The van der Waals surface area contributed by atoms with Crippen molar-refractivity contribution in [2.45, 2.75) is 0 Å². The van der Waals surface area contributed by atoms with Gasteiger partial charge in [0.1, 0.15) is 0 Å². The number of aromatic carboxylic acids is 1. The maximum atomic E-state index is 10.6. The van der Waals surface area contributed by atoms with Crippen LogP contribution < -0.4 is 0 Å². The van der Waals surface area contributed by atoms with Gasteiger partial charge in [-0.25, -0.2) is 9.78 Å². The summed E-state index contributed by atoms with van der Waals surface area (Å²) in [5.74, 6) is -1.10. The van der Waals surface area contributed by atoms with E-state index in [4.69, 9.17) is 16.7 Å². The summed E-state index contributed by atoms with van der Waals surface area (Å²) in [7, 11) is 0. The van der Waals surface area contributed by atoms with Crippen molar-refractivity contribution in [1.82, 2.24) is 15.2 Å². The largest absolute Gasteiger partial charge is 0.478 e. The summed E-state index contributed by atoms with van der Waals surface area (Å²) in [6.45, 7) is 0. The molecule has 0 unspecified atom stereocenters. The van der Waals surface area contributed by atoms with Crippen LogP contribution in [-0.4, -0.2) is 26.3 Å². The van der Waals surface area contributed by atoms with Gasteiger partial charge in [-0.1, -0.05) is 11.6 Å². The Hall–Kier alpha value is -1.62. The second-order valence-corrected chi connectivity index (χ2v) is 2.80. The molecule has 0 spiro atoms. The Morgan fingerprint density at radius 1 is 1.54 bits per heavy atom. The molecule has 2 aromatic heterocycles. The molecule has 0 saturated carbocycles. The van der Waals surface area contributed by atoms with Crippen molar-refractivity contribution < 1.29 is 9.90 Å². The van der Waals surface area contributed by atoms with Gasteiger partial charge in [0, 0.05) is 6.20 Å². The summed E-state index contributed by atoms with van der Waals surface area (Å²) in [6.07, 6.45) is 2.64. The molecule has 66 valence electrons. The fourth-order valence-corrected chi connectivity index (χ4v) is 1.29. The number of rotatable bonds is 1. The molecule has 0 atom stereocenters. The highest BCUT2D eigenvalue weighted by Gasteiger charge is 2.13. The van der Waals surface area contributed by atoms with E-state index in [1.54, 1.807) is 0 Å². The Kier molecular flexibility index (Phi) is 1.66. The number of fused-ring (bicyclic) bond motifs is 1. The average Bonchev–Trinajstić information content (AvgIpc) is 2.52. The summed E-state index contributed by atoms with van der Waals surface area (Å²) in [4.78, 5) is 14.5. The molecule has 0 aliphatic carbocycles. The van der Waals surface area contributed by atoms with Gasteiger partial charge in [0.15, 0.2) is 5.65 Å². The fraction of sp³-hybridized carbons (Fsp3) is 0. The Balaban J connectivity index is 2.80. The zero-order valence-electron chi connectivity index (χ0n) is 6.28. The van der Waals surface area contributed by atoms with E-state index in [0.717, 1.165) is 0 Å². The molecule has 2 aromatic rings. The molecule has 0 aliphatic heterocycles. The van der Waals surface area contributed by atoms with Gasteiger partial charge in [0.2, 0.25) is 0 Å². The van der Waals surface area contributed by atoms with Crippen LogP contribution in [0.15, 0.2) is 12.4 Å². The number of H-pyrrole nitrogens is 1. The highest BCUT2D eigenvalue weighted by Crippen LogP contribution is 2.23. The number of carboxylic acids is 1. The van der Waals surface area contributed by atoms with Crippen molar-refractivity contribution in [3.63, 3.8) is 0 Å². The van der Waals surface area contributed by atoms with Crippen LogP contribution >= 0.6 is 11.6 Å². The highest BCUT2D eigenvalue weighted by molar-refractivity contribution is 6.37. The zero-order valence-corrected chi connectivity index (χ0v) is 7.04. The first kappa shape index (κ1) is 8.00. The number of aromatic nitrogens is 3. The second-order valence-electron chi connectivity index (χ2n) is 2.42. The predicted octanol–water partition coefficient (Wildman–Crippen LogP) is 1.31. The number of aromatic amines is 1. The summed E-state index contributed by atoms with van der Waals surface area (Å²) in [6, 6.07) is 0. The standard InChI is InChI=1S/C7H4ClN3O2/c8-5-3-2-10-11-6(3)9-1-4(5)7(12)13/h1-2H,(H,12,13)(H,9,10,11). The lowest BCUT2D eigenvalue weighted by Gasteiger charge is -1.97. The van der Waals surface area contributed by atoms with E-state index in [1.807, 2.05) is 0 Å². The normalized spacial score (nSPS) is 10.5. The molecule has 0 saturated heterocycles. The summed E-state index contributed by atoms with van der Waals surface area (Å²) < 4.78 is 0. The van der Waals surface area contributed by atoms with Crippen molar-refractivity contribution in [2.24, 2.45) is 0 Å².